The molecule has 2 fully saturated rings. The van der Waals surface area contributed by atoms with Gasteiger partial charge < -0.3 is 4.98 Å². The number of hydrogen-bond acceptors (Lipinski definition) is 2. The third kappa shape index (κ3) is 3.29. The third-order valence-corrected chi connectivity index (χ3v) is 5.55. The summed E-state index contributed by atoms with van der Waals surface area (Å²) in [5.41, 5.74) is 2.30. The molecule has 4 rings (SSSR count). The first-order valence-corrected chi connectivity index (χ1v) is 9.01. The lowest BCUT2D eigenvalue weighted by Crippen LogP contribution is -2.43. The molecule has 0 atom stereocenters. The van der Waals surface area contributed by atoms with Gasteiger partial charge in [-0.25, -0.2) is 4.39 Å². The molecule has 3 heterocycles. The van der Waals surface area contributed by atoms with Crippen LogP contribution in [0.15, 0.2) is 24.4 Å². The van der Waals surface area contributed by atoms with Crippen LogP contribution in [0.1, 0.15) is 43.6 Å². The molecule has 2 saturated heterocycles. The molecule has 4 heteroatoms. The van der Waals surface area contributed by atoms with Gasteiger partial charge in [0.1, 0.15) is 5.82 Å². The molecule has 23 heavy (non-hydrogen) atoms. The van der Waals surface area contributed by atoms with E-state index < -0.39 is 0 Å². The van der Waals surface area contributed by atoms with Crippen LogP contribution in [0.2, 0.25) is 0 Å². The van der Waals surface area contributed by atoms with E-state index in [9.17, 15) is 4.39 Å². The predicted octanol–water partition coefficient (Wildman–Crippen LogP) is 3.93. The van der Waals surface area contributed by atoms with Crippen molar-refractivity contribution in [1.29, 1.82) is 0 Å². The number of nitrogens with one attached hydrogen (secondary N) is 1. The van der Waals surface area contributed by atoms with Gasteiger partial charge in [-0.3, -0.25) is 9.80 Å². The highest BCUT2D eigenvalue weighted by Gasteiger charge is 2.24. The summed E-state index contributed by atoms with van der Waals surface area (Å²) in [7, 11) is 0. The van der Waals surface area contributed by atoms with Crippen LogP contribution in [0.25, 0.3) is 10.9 Å². The van der Waals surface area contributed by atoms with E-state index in [1.54, 1.807) is 12.1 Å². The van der Waals surface area contributed by atoms with Gasteiger partial charge in [0.25, 0.3) is 0 Å². The average molecular weight is 315 g/mol. The number of H-pyrrole nitrogens is 1. The molecule has 1 N–H and O–H groups in total. The van der Waals surface area contributed by atoms with Gasteiger partial charge in [-0.15, -0.1) is 0 Å². The van der Waals surface area contributed by atoms with Gasteiger partial charge in [-0.05, 0) is 81.5 Å². The molecule has 0 spiro atoms. The SMILES string of the molecule is Fc1ccc2c(C3CCN(CN4CCCCC4)CC3)c[nH]c2c1. The molecule has 2 aliphatic rings. The summed E-state index contributed by atoms with van der Waals surface area (Å²) in [5.74, 6) is 0.439. The first-order chi connectivity index (χ1) is 11.3. The molecule has 1 aromatic heterocycles. The molecular weight excluding hydrogens is 289 g/mol. The molecule has 0 radical (unpaired) electrons. The second-order valence-corrected chi connectivity index (χ2v) is 7.15. The van der Waals surface area contributed by atoms with Gasteiger partial charge in [0.05, 0.1) is 6.67 Å². The quantitative estimate of drug-likeness (QED) is 0.927. The van der Waals surface area contributed by atoms with Crippen LogP contribution < -0.4 is 0 Å². The van der Waals surface area contributed by atoms with Crippen molar-refractivity contribution in [3.8, 4) is 0 Å². The zero-order valence-electron chi connectivity index (χ0n) is 13.7. The predicted molar refractivity (Wildman–Crippen MR) is 92.1 cm³/mol. The number of rotatable bonds is 3. The van der Waals surface area contributed by atoms with Crippen LogP contribution >= 0.6 is 0 Å². The Morgan fingerprint density at radius 1 is 1.00 bits per heavy atom. The number of likely N-dealkylation sites (tertiary alicyclic amines) is 2. The minimum Gasteiger partial charge on any atom is -0.361 e. The van der Waals surface area contributed by atoms with Crippen LogP contribution in [0.4, 0.5) is 4.39 Å². The molecule has 0 unspecified atom stereocenters. The number of piperidine rings is 2. The van der Waals surface area contributed by atoms with Crippen molar-refractivity contribution < 1.29 is 4.39 Å². The summed E-state index contributed by atoms with van der Waals surface area (Å²) in [6.07, 6.45) is 8.63. The largest absolute Gasteiger partial charge is 0.361 e. The van der Waals surface area contributed by atoms with Crippen molar-refractivity contribution in [2.75, 3.05) is 32.8 Å². The minimum absolute atomic E-state index is 0.165. The van der Waals surface area contributed by atoms with Crippen molar-refractivity contribution in [1.82, 2.24) is 14.8 Å². The molecule has 124 valence electrons. The van der Waals surface area contributed by atoms with Crippen LogP contribution in [0.3, 0.4) is 0 Å². The van der Waals surface area contributed by atoms with Crippen molar-refractivity contribution in [3.05, 3.63) is 35.8 Å². The number of fused-ring (bicyclic) bond motifs is 1. The maximum atomic E-state index is 13.3. The molecule has 0 saturated carbocycles. The summed E-state index contributed by atoms with van der Waals surface area (Å²) in [6.45, 7) is 6.04. The van der Waals surface area contributed by atoms with E-state index in [4.69, 9.17) is 0 Å². The number of halogens is 1. The molecule has 3 nitrogen and oxygen atoms in total. The smallest absolute Gasteiger partial charge is 0.125 e. The third-order valence-electron chi connectivity index (χ3n) is 5.55. The number of aromatic amines is 1. The van der Waals surface area contributed by atoms with Crippen LogP contribution in [0.5, 0.6) is 0 Å². The number of benzene rings is 1. The lowest BCUT2D eigenvalue weighted by atomic mass is 9.89. The van der Waals surface area contributed by atoms with E-state index in [-0.39, 0.29) is 5.82 Å². The van der Waals surface area contributed by atoms with Gasteiger partial charge in [-0.1, -0.05) is 6.42 Å². The summed E-state index contributed by atoms with van der Waals surface area (Å²) < 4.78 is 13.3. The molecule has 0 aliphatic carbocycles. The highest BCUT2D eigenvalue weighted by Crippen LogP contribution is 2.33. The molecule has 0 amide bonds. The molecule has 2 aliphatic heterocycles. The lowest BCUT2D eigenvalue weighted by molar-refractivity contribution is 0.0928. The summed E-state index contributed by atoms with van der Waals surface area (Å²) in [6, 6.07) is 5.10. The van der Waals surface area contributed by atoms with Crippen LogP contribution in [0, 0.1) is 5.82 Å². The van der Waals surface area contributed by atoms with Gasteiger partial charge in [-0.2, -0.15) is 0 Å². The van der Waals surface area contributed by atoms with E-state index in [2.05, 4.69) is 21.0 Å². The van der Waals surface area contributed by atoms with Crippen molar-refractivity contribution >= 4 is 10.9 Å². The Bertz CT molecular complexity index is 652. The standard InChI is InChI=1S/C19H26FN3/c20-16-4-5-17-18(13-21-19(17)12-16)15-6-10-23(11-7-15)14-22-8-2-1-3-9-22/h4-5,12-13,15,21H,1-3,6-11,14H2. The fourth-order valence-corrected chi connectivity index (χ4v) is 4.23. The fourth-order valence-electron chi connectivity index (χ4n) is 4.23. The number of aromatic nitrogens is 1. The highest BCUT2D eigenvalue weighted by atomic mass is 19.1. The van der Waals surface area contributed by atoms with Gasteiger partial charge in [0.2, 0.25) is 0 Å². The van der Waals surface area contributed by atoms with Gasteiger partial charge >= 0.3 is 0 Å². The maximum absolute atomic E-state index is 13.3. The zero-order chi connectivity index (χ0) is 15.6. The van der Waals surface area contributed by atoms with E-state index in [0.29, 0.717) is 5.92 Å². The van der Waals surface area contributed by atoms with Crippen LogP contribution in [-0.4, -0.2) is 47.6 Å². The number of hydrogen-bond donors (Lipinski definition) is 1. The Morgan fingerprint density at radius 2 is 1.74 bits per heavy atom. The molecule has 0 bridgehead atoms. The Balaban J connectivity index is 1.38. The Morgan fingerprint density at radius 3 is 2.52 bits per heavy atom. The highest BCUT2D eigenvalue weighted by molar-refractivity contribution is 5.83. The van der Waals surface area contributed by atoms with Crippen molar-refractivity contribution in [2.24, 2.45) is 0 Å². The van der Waals surface area contributed by atoms with E-state index in [0.717, 1.165) is 12.2 Å². The topological polar surface area (TPSA) is 22.3 Å². The number of nitrogens with zero attached hydrogens (tertiary/aromatic N) is 2. The first-order valence-electron chi connectivity index (χ1n) is 9.01. The second kappa shape index (κ2) is 6.62. The lowest BCUT2D eigenvalue weighted by Gasteiger charge is -2.37. The van der Waals surface area contributed by atoms with Gasteiger partial charge in [0.15, 0.2) is 0 Å². The normalized spacial score (nSPS) is 22.0. The summed E-state index contributed by atoms with van der Waals surface area (Å²) >= 11 is 0. The van der Waals surface area contributed by atoms with Crippen molar-refractivity contribution in [3.63, 3.8) is 0 Å². The van der Waals surface area contributed by atoms with Crippen molar-refractivity contribution in [2.45, 2.75) is 38.0 Å². The minimum atomic E-state index is -0.165. The maximum Gasteiger partial charge on any atom is 0.125 e. The summed E-state index contributed by atoms with van der Waals surface area (Å²) in [5, 5.41) is 1.20. The molecule has 1 aromatic carbocycles. The van der Waals surface area contributed by atoms with E-state index in [1.807, 2.05) is 6.07 Å². The monoisotopic (exact) mass is 315 g/mol. The Kier molecular flexibility index (Phi) is 4.36. The average Bonchev–Trinajstić information content (AvgIpc) is 2.99. The second-order valence-electron chi connectivity index (χ2n) is 7.15. The Labute approximate surface area is 137 Å². The fraction of sp³-hybridized carbons (Fsp3) is 0.579. The van der Waals surface area contributed by atoms with Crippen LogP contribution in [-0.2, 0) is 0 Å². The van der Waals surface area contributed by atoms with E-state index in [1.165, 1.54) is 69.2 Å². The molecular formula is C19H26FN3. The Hall–Kier alpha value is -1.39. The first kappa shape index (κ1) is 15.2. The van der Waals surface area contributed by atoms with E-state index >= 15 is 0 Å². The zero-order valence-corrected chi connectivity index (χ0v) is 13.7. The summed E-state index contributed by atoms with van der Waals surface area (Å²) in [4.78, 5) is 8.46. The van der Waals surface area contributed by atoms with Gasteiger partial charge in [0, 0.05) is 17.1 Å². The molecule has 2 aromatic rings.